The number of rotatable bonds is 9. The highest BCUT2D eigenvalue weighted by Crippen LogP contribution is 2.38. The summed E-state index contributed by atoms with van der Waals surface area (Å²) in [6.07, 6.45) is -1.08. The van der Waals surface area contributed by atoms with Gasteiger partial charge in [0.2, 0.25) is 0 Å². The van der Waals surface area contributed by atoms with Crippen molar-refractivity contribution in [3.8, 4) is 0 Å². The minimum atomic E-state index is -4.71. The van der Waals surface area contributed by atoms with Crippen LogP contribution in [0, 0.1) is 15.5 Å². The van der Waals surface area contributed by atoms with Crippen LogP contribution in [-0.2, 0) is 6.18 Å². The van der Waals surface area contributed by atoms with Gasteiger partial charge in [-0.2, -0.15) is 13.2 Å². The first kappa shape index (κ1) is 21.4. The predicted octanol–water partition coefficient (Wildman–Crippen LogP) is 3.90. The number of anilines is 1. The number of benzene rings is 1. The molecule has 1 aromatic rings. The van der Waals surface area contributed by atoms with Gasteiger partial charge in [0.1, 0.15) is 0 Å². The molecule has 6 nitrogen and oxygen atoms in total. The number of nitrogens with zero attached hydrogens (tertiary/aromatic N) is 2. The Labute approximate surface area is 156 Å². The molecule has 0 aromatic heterocycles. The van der Waals surface area contributed by atoms with Crippen LogP contribution >= 0.6 is 0 Å². The molecule has 1 aromatic carbocycles. The number of nitro benzene ring substituents is 1. The molecule has 0 saturated carbocycles. The van der Waals surface area contributed by atoms with E-state index in [0.29, 0.717) is 19.0 Å². The third kappa shape index (κ3) is 5.55. The maximum Gasteiger partial charge on any atom is 0.418 e. The standard InChI is InChI=1S/C18H26F3N3O3/c1-2-7-17(13-25,12-23-8-3-4-9-23)11-22-16-6-5-14(24(26)27)10-15(16)18(19,20)21/h5-6,10,22,25H,2-4,7-9,11-13H2,1H3. The average Bonchev–Trinajstić information content (AvgIpc) is 3.11. The van der Waals surface area contributed by atoms with Crippen molar-refractivity contribution in [3.63, 3.8) is 0 Å². The second-order valence-electron chi connectivity index (χ2n) is 7.23. The minimum Gasteiger partial charge on any atom is -0.396 e. The molecule has 2 N–H and O–H groups in total. The number of nitro groups is 1. The number of halogens is 3. The van der Waals surface area contributed by atoms with E-state index in [1.807, 2.05) is 6.92 Å². The van der Waals surface area contributed by atoms with Crippen molar-refractivity contribution in [2.75, 3.05) is 38.1 Å². The lowest BCUT2D eigenvalue weighted by atomic mass is 9.83. The van der Waals surface area contributed by atoms with Gasteiger partial charge >= 0.3 is 6.18 Å². The zero-order valence-corrected chi connectivity index (χ0v) is 15.4. The highest BCUT2D eigenvalue weighted by atomic mass is 19.4. The molecule has 0 amide bonds. The number of hydrogen-bond acceptors (Lipinski definition) is 5. The van der Waals surface area contributed by atoms with E-state index in [-0.39, 0.29) is 18.8 Å². The van der Waals surface area contributed by atoms with E-state index in [0.717, 1.165) is 44.5 Å². The first-order chi connectivity index (χ1) is 12.7. The Morgan fingerprint density at radius 3 is 2.48 bits per heavy atom. The van der Waals surface area contributed by atoms with Crippen LogP contribution in [0.1, 0.15) is 38.2 Å². The second-order valence-corrected chi connectivity index (χ2v) is 7.23. The molecule has 1 atom stereocenters. The summed E-state index contributed by atoms with van der Waals surface area (Å²) < 4.78 is 40.0. The largest absolute Gasteiger partial charge is 0.418 e. The molecule has 9 heteroatoms. The molecule has 1 heterocycles. The Balaban J connectivity index is 2.23. The summed E-state index contributed by atoms with van der Waals surface area (Å²) in [5, 5.41) is 23.6. The number of hydrogen-bond donors (Lipinski definition) is 2. The molecular weight excluding hydrogens is 363 g/mol. The fraction of sp³-hybridized carbons (Fsp3) is 0.667. The summed E-state index contributed by atoms with van der Waals surface area (Å²) in [6, 6.07) is 2.69. The third-order valence-corrected chi connectivity index (χ3v) is 5.05. The minimum absolute atomic E-state index is 0.140. The van der Waals surface area contributed by atoms with Crippen LogP contribution in [0.15, 0.2) is 18.2 Å². The summed E-state index contributed by atoms with van der Waals surface area (Å²) >= 11 is 0. The molecule has 1 saturated heterocycles. The zero-order chi connectivity index (χ0) is 20.1. The Kier molecular flexibility index (Phi) is 7.05. The van der Waals surface area contributed by atoms with Crippen LogP contribution in [-0.4, -0.2) is 47.7 Å². The van der Waals surface area contributed by atoms with Gasteiger partial charge in [0.25, 0.3) is 5.69 Å². The maximum absolute atomic E-state index is 13.3. The highest BCUT2D eigenvalue weighted by Gasteiger charge is 2.37. The van der Waals surface area contributed by atoms with Gasteiger partial charge in [-0.3, -0.25) is 10.1 Å². The smallest absolute Gasteiger partial charge is 0.396 e. The summed E-state index contributed by atoms with van der Waals surface area (Å²) in [5.74, 6) is 0. The van der Waals surface area contributed by atoms with Crippen LogP contribution in [0.2, 0.25) is 0 Å². The molecule has 0 spiro atoms. The van der Waals surface area contributed by atoms with E-state index in [1.54, 1.807) is 0 Å². The summed E-state index contributed by atoms with van der Waals surface area (Å²) in [7, 11) is 0. The molecule has 0 aliphatic carbocycles. The summed E-state index contributed by atoms with van der Waals surface area (Å²) in [5.41, 5.74) is -2.44. The van der Waals surface area contributed by atoms with Crippen molar-refractivity contribution < 1.29 is 23.2 Å². The van der Waals surface area contributed by atoms with Crippen LogP contribution in [0.4, 0.5) is 24.5 Å². The van der Waals surface area contributed by atoms with E-state index in [4.69, 9.17) is 0 Å². The molecule has 27 heavy (non-hydrogen) atoms. The van der Waals surface area contributed by atoms with E-state index in [2.05, 4.69) is 10.2 Å². The van der Waals surface area contributed by atoms with E-state index in [1.165, 1.54) is 0 Å². The lowest BCUT2D eigenvalue weighted by Gasteiger charge is -2.36. The summed E-state index contributed by atoms with van der Waals surface area (Å²) in [6.45, 7) is 4.46. The van der Waals surface area contributed by atoms with Crippen molar-refractivity contribution >= 4 is 11.4 Å². The van der Waals surface area contributed by atoms with Gasteiger partial charge in [0.05, 0.1) is 17.1 Å². The number of non-ortho nitro benzene ring substituents is 1. The van der Waals surface area contributed by atoms with E-state index in [9.17, 15) is 28.4 Å². The number of likely N-dealkylation sites (tertiary alicyclic amines) is 1. The fourth-order valence-electron chi connectivity index (χ4n) is 3.67. The van der Waals surface area contributed by atoms with Crippen molar-refractivity contribution in [3.05, 3.63) is 33.9 Å². The van der Waals surface area contributed by atoms with Gasteiger partial charge in [0.15, 0.2) is 0 Å². The van der Waals surface area contributed by atoms with Gasteiger partial charge < -0.3 is 15.3 Å². The lowest BCUT2D eigenvalue weighted by Crippen LogP contribution is -2.44. The zero-order valence-electron chi connectivity index (χ0n) is 15.4. The van der Waals surface area contributed by atoms with Crippen LogP contribution < -0.4 is 5.32 Å². The molecule has 0 radical (unpaired) electrons. The summed E-state index contributed by atoms with van der Waals surface area (Å²) in [4.78, 5) is 12.2. The van der Waals surface area contributed by atoms with Crippen LogP contribution in [0.25, 0.3) is 0 Å². The van der Waals surface area contributed by atoms with Crippen molar-refractivity contribution in [2.24, 2.45) is 5.41 Å². The number of aliphatic hydroxyl groups excluding tert-OH is 1. The Morgan fingerprint density at radius 2 is 1.96 bits per heavy atom. The Morgan fingerprint density at radius 1 is 1.30 bits per heavy atom. The first-order valence-electron chi connectivity index (χ1n) is 9.13. The topological polar surface area (TPSA) is 78.6 Å². The SMILES string of the molecule is CCCC(CO)(CNc1ccc([N+](=O)[O-])cc1C(F)(F)F)CN1CCCC1. The number of aliphatic hydroxyl groups is 1. The molecule has 152 valence electrons. The highest BCUT2D eigenvalue weighted by molar-refractivity contribution is 5.57. The van der Waals surface area contributed by atoms with Crippen molar-refractivity contribution in [1.29, 1.82) is 0 Å². The quantitative estimate of drug-likeness (QED) is 0.495. The van der Waals surface area contributed by atoms with Crippen molar-refractivity contribution in [2.45, 2.75) is 38.8 Å². The molecular formula is C18H26F3N3O3. The molecule has 2 rings (SSSR count). The van der Waals surface area contributed by atoms with Gasteiger partial charge in [-0.25, -0.2) is 0 Å². The number of nitrogens with one attached hydrogen (secondary N) is 1. The molecule has 1 unspecified atom stereocenters. The number of alkyl halides is 3. The third-order valence-electron chi connectivity index (χ3n) is 5.05. The van der Waals surface area contributed by atoms with Gasteiger partial charge in [-0.15, -0.1) is 0 Å². The maximum atomic E-state index is 13.3. The van der Waals surface area contributed by atoms with E-state index >= 15 is 0 Å². The monoisotopic (exact) mass is 389 g/mol. The van der Waals surface area contributed by atoms with Crippen molar-refractivity contribution in [1.82, 2.24) is 4.90 Å². The normalized spacial score (nSPS) is 17.7. The average molecular weight is 389 g/mol. The van der Waals surface area contributed by atoms with Gasteiger partial charge in [0, 0.05) is 36.3 Å². The molecule has 1 aliphatic heterocycles. The molecule has 0 bridgehead atoms. The fourth-order valence-corrected chi connectivity index (χ4v) is 3.67. The first-order valence-corrected chi connectivity index (χ1v) is 9.13. The second kappa shape index (κ2) is 8.88. The van der Waals surface area contributed by atoms with Crippen LogP contribution in [0.5, 0.6) is 0 Å². The van der Waals surface area contributed by atoms with Crippen LogP contribution in [0.3, 0.4) is 0 Å². The Bertz CT molecular complexity index is 648. The molecule has 1 aliphatic rings. The van der Waals surface area contributed by atoms with E-state index < -0.39 is 27.8 Å². The van der Waals surface area contributed by atoms with Gasteiger partial charge in [-0.1, -0.05) is 13.3 Å². The Hall–Kier alpha value is -1.87. The lowest BCUT2D eigenvalue weighted by molar-refractivity contribution is -0.385. The predicted molar refractivity (Wildman–Crippen MR) is 96.7 cm³/mol. The molecule has 1 fully saturated rings. The van der Waals surface area contributed by atoms with Gasteiger partial charge in [-0.05, 0) is 38.4 Å².